The first-order valence-corrected chi connectivity index (χ1v) is 9.75. The zero-order valence-corrected chi connectivity index (χ0v) is 18.2. The Morgan fingerprint density at radius 1 is 0.690 bits per heavy atom. The van der Waals surface area contributed by atoms with Gasteiger partial charge in [0.25, 0.3) is 0 Å². The molecule has 2 rings (SSSR count). The van der Waals surface area contributed by atoms with E-state index >= 15 is 0 Å². The fraction of sp³-hybridized carbons (Fsp3) is 0.440. The number of aryl methyl sites for hydroxylation is 1. The standard InChI is InChI=1S/C9H10O2.C8H10.C4H8O2.C3H8.CH4/c1-8(10)11-7-9-5-3-2-4-6-9;1-2-8-6-4-3-5-7-8;1-3-6-4(2)5;1-3-2;/h2-6H,7H2,1H3;3-7H,2H2,1H3;3H2,1-2H3;3H2,1-2H3;1H4. The summed E-state index contributed by atoms with van der Waals surface area (Å²) in [5.41, 5.74) is 2.43. The summed E-state index contributed by atoms with van der Waals surface area (Å²) < 4.78 is 9.19. The lowest BCUT2D eigenvalue weighted by molar-refractivity contribution is -0.142. The van der Waals surface area contributed by atoms with Gasteiger partial charge in [0.05, 0.1) is 6.61 Å². The summed E-state index contributed by atoms with van der Waals surface area (Å²) in [4.78, 5) is 20.2. The maximum absolute atomic E-state index is 10.4. The Morgan fingerprint density at radius 3 is 1.31 bits per heavy atom. The lowest BCUT2D eigenvalue weighted by Gasteiger charge is -1.99. The summed E-state index contributed by atoms with van der Waals surface area (Å²) >= 11 is 0. The van der Waals surface area contributed by atoms with E-state index in [9.17, 15) is 9.59 Å². The van der Waals surface area contributed by atoms with Crippen LogP contribution in [0.25, 0.3) is 0 Å². The zero-order valence-electron chi connectivity index (χ0n) is 18.2. The SMILES string of the molecule is C.CC(=O)OCc1ccccc1.CCC.CCOC(C)=O.CCc1ccccc1. The molecule has 0 saturated heterocycles. The third-order valence-electron chi connectivity index (χ3n) is 2.88. The van der Waals surface area contributed by atoms with Crippen molar-refractivity contribution in [3.8, 4) is 0 Å². The van der Waals surface area contributed by atoms with Crippen LogP contribution in [0.4, 0.5) is 0 Å². The summed E-state index contributed by atoms with van der Waals surface area (Å²) in [5, 5.41) is 0. The molecule has 0 aromatic heterocycles. The van der Waals surface area contributed by atoms with Gasteiger partial charge >= 0.3 is 11.9 Å². The Hall–Kier alpha value is -2.62. The van der Waals surface area contributed by atoms with Crippen molar-refractivity contribution in [3.63, 3.8) is 0 Å². The van der Waals surface area contributed by atoms with Crippen LogP contribution in [-0.4, -0.2) is 18.5 Å². The molecule has 0 amide bonds. The van der Waals surface area contributed by atoms with E-state index in [0.29, 0.717) is 13.2 Å². The molecule has 2 aromatic rings. The van der Waals surface area contributed by atoms with Crippen LogP contribution in [0.2, 0.25) is 0 Å². The topological polar surface area (TPSA) is 52.6 Å². The van der Waals surface area contributed by atoms with E-state index in [4.69, 9.17) is 4.74 Å². The molecule has 0 atom stereocenters. The minimum atomic E-state index is -0.242. The normalized spacial score (nSPS) is 8.21. The maximum Gasteiger partial charge on any atom is 0.302 e. The highest BCUT2D eigenvalue weighted by atomic mass is 16.5. The summed E-state index contributed by atoms with van der Waals surface area (Å²) in [6.45, 7) is 11.8. The number of rotatable bonds is 4. The van der Waals surface area contributed by atoms with E-state index < -0.39 is 0 Å². The van der Waals surface area contributed by atoms with E-state index in [1.54, 1.807) is 6.92 Å². The lowest BCUT2D eigenvalue weighted by atomic mass is 10.2. The van der Waals surface area contributed by atoms with Crippen molar-refractivity contribution in [2.24, 2.45) is 0 Å². The quantitative estimate of drug-likeness (QED) is 0.537. The number of carbonyl (C=O) groups is 2. The van der Waals surface area contributed by atoms with E-state index in [0.717, 1.165) is 12.0 Å². The second-order valence-electron chi connectivity index (χ2n) is 5.74. The molecule has 29 heavy (non-hydrogen) atoms. The Labute approximate surface area is 178 Å². The molecule has 0 heterocycles. The second-order valence-corrected chi connectivity index (χ2v) is 5.74. The van der Waals surface area contributed by atoms with Crippen molar-refractivity contribution in [1.82, 2.24) is 0 Å². The monoisotopic (exact) mass is 404 g/mol. The summed E-state index contributed by atoms with van der Waals surface area (Å²) in [5.74, 6) is -0.452. The molecule has 0 aliphatic heterocycles. The Kier molecular flexibility index (Phi) is 25.1. The Morgan fingerprint density at radius 2 is 1.07 bits per heavy atom. The highest BCUT2D eigenvalue weighted by Gasteiger charge is 1.93. The van der Waals surface area contributed by atoms with E-state index in [1.165, 1.54) is 25.8 Å². The molecule has 4 nitrogen and oxygen atoms in total. The van der Waals surface area contributed by atoms with E-state index in [-0.39, 0.29) is 19.4 Å². The number of esters is 2. The molecule has 0 saturated carbocycles. The first kappa shape index (κ1) is 31.1. The highest BCUT2D eigenvalue weighted by Crippen LogP contribution is 2.00. The molecule has 0 aliphatic carbocycles. The smallest absolute Gasteiger partial charge is 0.302 e. The molecule has 0 N–H and O–H groups in total. The van der Waals surface area contributed by atoms with Gasteiger partial charge in [-0.2, -0.15) is 0 Å². The van der Waals surface area contributed by atoms with E-state index in [1.807, 2.05) is 36.4 Å². The van der Waals surface area contributed by atoms with Crippen molar-refractivity contribution in [3.05, 3.63) is 71.8 Å². The molecular weight excluding hydrogens is 364 g/mol. The van der Waals surface area contributed by atoms with Crippen molar-refractivity contribution < 1.29 is 19.1 Å². The Bertz CT molecular complexity index is 595. The molecule has 0 unspecified atom stereocenters. The van der Waals surface area contributed by atoms with Gasteiger partial charge in [-0.3, -0.25) is 9.59 Å². The molecule has 0 spiro atoms. The fourth-order valence-electron chi connectivity index (χ4n) is 1.68. The van der Waals surface area contributed by atoms with Crippen LogP contribution in [0, 0.1) is 0 Å². The first-order valence-electron chi connectivity index (χ1n) is 9.75. The van der Waals surface area contributed by atoms with Gasteiger partial charge in [-0.05, 0) is 24.5 Å². The number of benzene rings is 2. The molecule has 0 radical (unpaired) electrons. The van der Waals surface area contributed by atoms with Crippen LogP contribution in [0.1, 0.15) is 66.5 Å². The van der Waals surface area contributed by atoms with Crippen LogP contribution in [-0.2, 0) is 32.1 Å². The molecule has 164 valence electrons. The lowest BCUT2D eigenvalue weighted by Crippen LogP contribution is -1.97. The van der Waals surface area contributed by atoms with Gasteiger partial charge in [0.2, 0.25) is 0 Å². The van der Waals surface area contributed by atoms with Gasteiger partial charge in [0, 0.05) is 13.8 Å². The van der Waals surface area contributed by atoms with Crippen molar-refractivity contribution >= 4 is 11.9 Å². The predicted molar refractivity (Wildman–Crippen MR) is 123 cm³/mol. The second kappa shape index (κ2) is 23.4. The zero-order chi connectivity index (χ0) is 21.6. The number of ether oxygens (including phenoxy) is 2. The van der Waals surface area contributed by atoms with Gasteiger partial charge in [0.15, 0.2) is 0 Å². The number of hydrogen-bond donors (Lipinski definition) is 0. The molecule has 4 heteroatoms. The summed E-state index contributed by atoms with van der Waals surface area (Å²) in [7, 11) is 0. The molecule has 0 aliphatic rings. The van der Waals surface area contributed by atoms with Crippen LogP contribution in [0.5, 0.6) is 0 Å². The van der Waals surface area contributed by atoms with Crippen LogP contribution in [0.15, 0.2) is 60.7 Å². The summed E-state index contributed by atoms with van der Waals surface area (Å²) in [6.07, 6.45) is 2.39. The summed E-state index contributed by atoms with van der Waals surface area (Å²) in [6, 6.07) is 20.1. The third kappa shape index (κ3) is 25.4. The van der Waals surface area contributed by atoms with Crippen LogP contribution >= 0.6 is 0 Å². The van der Waals surface area contributed by atoms with Crippen molar-refractivity contribution in [2.45, 2.75) is 68.4 Å². The minimum Gasteiger partial charge on any atom is -0.466 e. The number of hydrogen-bond acceptors (Lipinski definition) is 4. The third-order valence-corrected chi connectivity index (χ3v) is 2.88. The van der Waals surface area contributed by atoms with Crippen molar-refractivity contribution in [2.75, 3.05) is 6.61 Å². The van der Waals surface area contributed by atoms with Crippen LogP contribution in [0.3, 0.4) is 0 Å². The number of carbonyl (C=O) groups excluding carboxylic acids is 2. The Balaban J connectivity index is -0.000000334. The van der Waals surface area contributed by atoms with Gasteiger partial charge in [-0.25, -0.2) is 0 Å². The van der Waals surface area contributed by atoms with Crippen molar-refractivity contribution in [1.29, 1.82) is 0 Å². The maximum atomic E-state index is 10.4. The predicted octanol–water partition coefficient (Wildman–Crippen LogP) is 6.62. The molecule has 0 fully saturated rings. The van der Waals surface area contributed by atoms with Gasteiger partial charge in [-0.1, -0.05) is 95.3 Å². The largest absolute Gasteiger partial charge is 0.466 e. The van der Waals surface area contributed by atoms with Gasteiger partial charge < -0.3 is 9.47 Å². The molecule has 0 bridgehead atoms. The average Bonchev–Trinajstić information content (AvgIpc) is 2.69. The van der Waals surface area contributed by atoms with Crippen LogP contribution < -0.4 is 0 Å². The first-order chi connectivity index (χ1) is 13.4. The molecular formula is C25H40O4. The van der Waals surface area contributed by atoms with Gasteiger partial charge in [0.1, 0.15) is 6.61 Å². The average molecular weight is 405 g/mol. The minimum absolute atomic E-state index is 0. The van der Waals surface area contributed by atoms with E-state index in [2.05, 4.69) is 49.8 Å². The van der Waals surface area contributed by atoms with Gasteiger partial charge in [-0.15, -0.1) is 0 Å². The highest BCUT2D eigenvalue weighted by molar-refractivity contribution is 5.66. The fourth-order valence-corrected chi connectivity index (χ4v) is 1.68. The molecule has 2 aromatic carbocycles.